The van der Waals surface area contributed by atoms with Gasteiger partial charge >= 0.3 is 0 Å². The van der Waals surface area contributed by atoms with Gasteiger partial charge < -0.3 is 19.5 Å². The van der Waals surface area contributed by atoms with E-state index in [1.54, 1.807) is 7.11 Å². The number of aliphatic hydroxyl groups is 1. The second-order valence-corrected chi connectivity index (χ2v) is 3.92. The van der Waals surface area contributed by atoms with Crippen molar-refractivity contribution in [2.45, 2.75) is 25.6 Å². The molecule has 0 aliphatic carbocycles. The first-order chi connectivity index (χ1) is 7.60. The number of aliphatic hydroxyl groups excluding tert-OH is 1. The van der Waals surface area contributed by atoms with Gasteiger partial charge in [0.2, 0.25) is 0 Å². The summed E-state index contributed by atoms with van der Waals surface area (Å²) in [7, 11) is 3.49. The van der Waals surface area contributed by atoms with Crippen molar-refractivity contribution < 1.29 is 14.6 Å². The SMILES string of the molecule is COCC(C)OCC(O)CN(C)CCC#N. The van der Waals surface area contributed by atoms with Gasteiger partial charge in [-0.15, -0.1) is 0 Å². The quantitative estimate of drug-likeness (QED) is 0.615. The van der Waals surface area contributed by atoms with E-state index in [1.165, 1.54) is 0 Å². The number of hydrogen-bond donors (Lipinski definition) is 1. The van der Waals surface area contributed by atoms with Gasteiger partial charge in [-0.25, -0.2) is 0 Å². The lowest BCUT2D eigenvalue weighted by atomic mass is 10.3. The molecule has 5 heteroatoms. The van der Waals surface area contributed by atoms with E-state index in [-0.39, 0.29) is 6.10 Å². The Morgan fingerprint density at radius 2 is 2.12 bits per heavy atom. The minimum absolute atomic E-state index is 0.0101. The van der Waals surface area contributed by atoms with E-state index in [0.29, 0.717) is 32.7 Å². The zero-order chi connectivity index (χ0) is 12.4. The van der Waals surface area contributed by atoms with Crippen LogP contribution in [0.1, 0.15) is 13.3 Å². The molecule has 0 aliphatic heterocycles. The van der Waals surface area contributed by atoms with E-state index < -0.39 is 6.10 Å². The predicted octanol–water partition coefficient (Wildman–Crippen LogP) is 0.244. The third kappa shape index (κ3) is 8.62. The summed E-state index contributed by atoms with van der Waals surface area (Å²) in [6.45, 7) is 3.90. The third-order valence-electron chi connectivity index (χ3n) is 2.10. The highest BCUT2D eigenvalue weighted by atomic mass is 16.5. The highest BCUT2D eigenvalue weighted by Gasteiger charge is 2.10. The maximum atomic E-state index is 9.65. The summed E-state index contributed by atoms with van der Waals surface area (Å²) >= 11 is 0. The molecule has 0 radical (unpaired) electrons. The van der Waals surface area contributed by atoms with Crippen molar-refractivity contribution in [2.24, 2.45) is 0 Å². The molecule has 0 bridgehead atoms. The normalized spacial score (nSPS) is 14.8. The number of rotatable bonds is 9. The van der Waals surface area contributed by atoms with Gasteiger partial charge in [-0.1, -0.05) is 0 Å². The van der Waals surface area contributed by atoms with Crippen LogP contribution in [0.2, 0.25) is 0 Å². The summed E-state index contributed by atoms with van der Waals surface area (Å²) in [6.07, 6.45) is -0.0588. The Balaban J connectivity index is 3.57. The second-order valence-electron chi connectivity index (χ2n) is 3.92. The topological polar surface area (TPSA) is 65.7 Å². The van der Waals surface area contributed by atoms with Gasteiger partial charge in [0.25, 0.3) is 0 Å². The molecule has 2 atom stereocenters. The van der Waals surface area contributed by atoms with Gasteiger partial charge in [0, 0.05) is 26.6 Å². The Morgan fingerprint density at radius 1 is 1.44 bits per heavy atom. The summed E-state index contributed by atoms with van der Waals surface area (Å²) in [5.41, 5.74) is 0. The maximum absolute atomic E-state index is 9.65. The molecule has 0 heterocycles. The van der Waals surface area contributed by atoms with Crippen molar-refractivity contribution in [3.8, 4) is 6.07 Å². The molecule has 0 fully saturated rings. The van der Waals surface area contributed by atoms with Crippen molar-refractivity contribution in [2.75, 3.05) is 40.5 Å². The number of ether oxygens (including phenoxy) is 2. The fourth-order valence-electron chi connectivity index (χ4n) is 1.30. The average molecular weight is 230 g/mol. The largest absolute Gasteiger partial charge is 0.389 e. The molecule has 5 nitrogen and oxygen atoms in total. The molecule has 0 aromatic rings. The molecule has 0 spiro atoms. The molecule has 0 saturated heterocycles. The fraction of sp³-hybridized carbons (Fsp3) is 0.909. The highest BCUT2D eigenvalue weighted by Crippen LogP contribution is 1.96. The summed E-state index contributed by atoms with van der Waals surface area (Å²) < 4.78 is 10.3. The van der Waals surface area contributed by atoms with E-state index in [9.17, 15) is 5.11 Å². The Morgan fingerprint density at radius 3 is 2.69 bits per heavy atom. The van der Waals surface area contributed by atoms with Crippen LogP contribution < -0.4 is 0 Å². The Labute approximate surface area is 97.6 Å². The molecule has 0 aromatic heterocycles. The average Bonchev–Trinajstić information content (AvgIpc) is 2.24. The molecule has 16 heavy (non-hydrogen) atoms. The van der Waals surface area contributed by atoms with Gasteiger partial charge in [0.1, 0.15) is 0 Å². The van der Waals surface area contributed by atoms with Crippen LogP contribution in [0.5, 0.6) is 0 Å². The summed E-state index contributed by atoms with van der Waals surface area (Å²) in [5.74, 6) is 0. The first-order valence-electron chi connectivity index (χ1n) is 5.44. The van der Waals surface area contributed by atoms with Crippen LogP contribution in [0.3, 0.4) is 0 Å². The molecule has 2 unspecified atom stereocenters. The van der Waals surface area contributed by atoms with E-state index >= 15 is 0 Å². The van der Waals surface area contributed by atoms with Crippen LogP contribution in [0.25, 0.3) is 0 Å². The minimum atomic E-state index is -0.525. The molecule has 0 saturated carbocycles. The zero-order valence-corrected chi connectivity index (χ0v) is 10.3. The standard InChI is InChI=1S/C11H22N2O3/c1-10(8-15-3)16-9-11(14)7-13(2)6-4-5-12/h10-11,14H,4,6-9H2,1-3H3. The fourth-order valence-corrected chi connectivity index (χ4v) is 1.30. The monoisotopic (exact) mass is 230 g/mol. The number of nitrogens with zero attached hydrogens (tertiary/aromatic N) is 2. The van der Waals surface area contributed by atoms with Crippen LogP contribution in [0, 0.1) is 11.3 Å². The van der Waals surface area contributed by atoms with Crippen molar-refractivity contribution in [1.82, 2.24) is 4.90 Å². The van der Waals surface area contributed by atoms with Crippen LogP contribution in [0.15, 0.2) is 0 Å². The molecule has 0 aromatic carbocycles. The maximum Gasteiger partial charge on any atom is 0.0900 e. The summed E-state index contributed by atoms with van der Waals surface area (Å²) in [5, 5.41) is 18.1. The van der Waals surface area contributed by atoms with E-state index in [2.05, 4.69) is 6.07 Å². The Kier molecular flexibility index (Phi) is 9.15. The van der Waals surface area contributed by atoms with Crippen molar-refractivity contribution >= 4 is 0 Å². The first kappa shape index (κ1) is 15.3. The molecular formula is C11H22N2O3. The van der Waals surface area contributed by atoms with Gasteiger partial charge in [-0.2, -0.15) is 5.26 Å². The van der Waals surface area contributed by atoms with Crippen LogP contribution in [-0.4, -0.2) is 62.7 Å². The highest BCUT2D eigenvalue weighted by molar-refractivity contribution is 4.72. The van der Waals surface area contributed by atoms with Gasteiger partial charge in [0.15, 0.2) is 0 Å². The number of likely N-dealkylation sites (N-methyl/N-ethyl adjacent to an activating group) is 1. The zero-order valence-electron chi connectivity index (χ0n) is 10.3. The Bertz CT molecular complexity index is 206. The minimum Gasteiger partial charge on any atom is -0.389 e. The van der Waals surface area contributed by atoms with E-state index in [0.717, 1.165) is 0 Å². The lowest BCUT2D eigenvalue weighted by Gasteiger charge is -2.21. The molecule has 94 valence electrons. The number of hydrogen-bond acceptors (Lipinski definition) is 5. The van der Waals surface area contributed by atoms with Crippen LogP contribution in [-0.2, 0) is 9.47 Å². The number of methoxy groups -OCH3 is 1. The van der Waals surface area contributed by atoms with Crippen LogP contribution >= 0.6 is 0 Å². The molecular weight excluding hydrogens is 208 g/mol. The van der Waals surface area contributed by atoms with Gasteiger partial charge in [0.05, 0.1) is 31.5 Å². The van der Waals surface area contributed by atoms with E-state index in [1.807, 2.05) is 18.9 Å². The predicted molar refractivity (Wildman–Crippen MR) is 61.0 cm³/mol. The lowest BCUT2D eigenvalue weighted by Crippen LogP contribution is -2.34. The molecule has 1 N–H and O–H groups in total. The van der Waals surface area contributed by atoms with Crippen molar-refractivity contribution in [1.29, 1.82) is 5.26 Å². The van der Waals surface area contributed by atoms with Gasteiger partial charge in [-0.05, 0) is 14.0 Å². The van der Waals surface area contributed by atoms with Crippen molar-refractivity contribution in [3.63, 3.8) is 0 Å². The van der Waals surface area contributed by atoms with Crippen LogP contribution in [0.4, 0.5) is 0 Å². The second kappa shape index (κ2) is 9.55. The Hall–Kier alpha value is -0.670. The molecule has 0 rings (SSSR count). The smallest absolute Gasteiger partial charge is 0.0900 e. The summed E-state index contributed by atoms with van der Waals surface area (Å²) in [4.78, 5) is 1.91. The van der Waals surface area contributed by atoms with Gasteiger partial charge in [-0.3, -0.25) is 0 Å². The molecule has 0 aliphatic rings. The lowest BCUT2D eigenvalue weighted by molar-refractivity contribution is -0.0379. The summed E-state index contributed by atoms with van der Waals surface area (Å²) in [6, 6.07) is 2.07. The first-order valence-corrected chi connectivity index (χ1v) is 5.44. The third-order valence-corrected chi connectivity index (χ3v) is 2.10. The molecule has 0 amide bonds. The number of nitriles is 1. The van der Waals surface area contributed by atoms with Crippen molar-refractivity contribution in [3.05, 3.63) is 0 Å². The van der Waals surface area contributed by atoms with E-state index in [4.69, 9.17) is 14.7 Å².